The Hall–Kier alpha value is -1.16. The van der Waals surface area contributed by atoms with Crippen LogP contribution in [0.3, 0.4) is 0 Å². The van der Waals surface area contributed by atoms with Crippen LogP contribution in [-0.4, -0.2) is 9.97 Å². The predicted molar refractivity (Wildman–Crippen MR) is 43.7 cm³/mol. The second-order valence-electron chi connectivity index (χ2n) is 2.26. The molecule has 0 radical (unpaired) electrons. The molecular weight excluding hydrogens is 140 g/mol. The third kappa shape index (κ3) is 1.65. The van der Waals surface area contributed by atoms with Crippen molar-refractivity contribution in [1.82, 2.24) is 9.97 Å². The van der Waals surface area contributed by atoms with Gasteiger partial charge in [0, 0.05) is 18.3 Å². The van der Waals surface area contributed by atoms with Crippen LogP contribution in [0.25, 0.3) is 0 Å². The van der Waals surface area contributed by atoms with E-state index in [1.165, 1.54) is 0 Å². The molecule has 0 saturated carbocycles. The van der Waals surface area contributed by atoms with Gasteiger partial charge in [0.25, 0.3) is 0 Å². The van der Waals surface area contributed by atoms with E-state index in [4.69, 9.17) is 11.5 Å². The summed E-state index contributed by atoms with van der Waals surface area (Å²) in [6, 6.07) is 0. The van der Waals surface area contributed by atoms with Crippen LogP contribution in [0.15, 0.2) is 6.20 Å². The van der Waals surface area contributed by atoms with Gasteiger partial charge in [-0.1, -0.05) is 6.92 Å². The lowest BCUT2D eigenvalue weighted by atomic mass is 10.2. The van der Waals surface area contributed by atoms with E-state index < -0.39 is 0 Å². The van der Waals surface area contributed by atoms with Gasteiger partial charge in [-0.3, -0.25) is 0 Å². The number of nitrogen functional groups attached to an aromatic ring is 1. The highest BCUT2D eigenvalue weighted by Gasteiger charge is 2.00. The SMILES string of the molecule is CCc1nc(N)ncc1CN. The molecule has 0 saturated heterocycles. The molecule has 1 aromatic heterocycles. The Morgan fingerprint density at radius 1 is 1.55 bits per heavy atom. The number of anilines is 1. The fourth-order valence-corrected chi connectivity index (χ4v) is 0.934. The van der Waals surface area contributed by atoms with Crippen LogP contribution in [0.1, 0.15) is 18.2 Å². The zero-order valence-electron chi connectivity index (χ0n) is 6.54. The average molecular weight is 152 g/mol. The Balaban J connectivity index is 3.06. The van der Waals surface area contributed by atoms with Crippen LogP contribution in [-0.2, 0) is 13.0 Å². The zero-order valence-corrected chi connectivity index (χ0v) is 6.54. The number of rotatable bonds is 2. The number of hydrogen-bond acceptors (Lipinski definition) is 4. The molecule has 0 unspecified atom stereocenters. The van der Waals surface area contributed by atoms with Gasteiger partial charge in [-0.2, -0.15) is 0 Å². The number of nitrogens with two attached hydrogens (primary N) is 2. The first-order valence-electron chi connectivity index (χ1n) is 3.58. The van der Waals surface area contributed by atoms with E-state index in [-0.39, 0.29) is 0 Å². The fraction of sp³-hybridized carbons (Fsp3) is 0.429. The Morgan fingerprint density at radius 2 is 2.27 bits per heavy atom. The van der Waals surface area contributed by atoms with Crippen LogP contribution in [0.5, 0.6) is 0 Å². The van der Waals surface area contributed by atoms with Gasteiger partial charge in [0.1, 0.15) is 0 Å². The molecule has 4 N–H and O–H groups in total. The second-order valence-corrected chi connectivity index (χ2v) is 2.26. The maximum Gasteiger partial charge on any atom is 0.220 e. The molecular formula is C7H12N4. The first kappa shape index (κ1) is 7.94. The van der Waals surface area contributed by atoms with Gasteiger partial charge < -0.3 is 11.5 Å². The smallest absolute Gasteiger partial charge is 0.220 e. The van der Waals surface area contributed by atoms with Crippen molar-refractivity contribution in [3.05, 3.63) is 17.5 Å². The third-order valence-corrected chi connectivity index (χ3v) is 1.53. The van der Waals surface area contributed by atoms with E-state index in [0.29, 0.717) is 12.5 Å². The molecule has 0 aromatic carbocycles. The van der Waals surface area contributed by atoms with Crippen LogP contribution < -0.4 is 11.5 Å². The second kappa shape index (κ2) is 3.30. The molecule has 0 amide bonds. The summed E-state index contributed by atoms with van der Waals surface area (Å²) in [4.78, 5) is 7.89. The summed E-state index contributed by atoms with van der Waals surface area (Å²) < 4.78 is 0. The minimum absolute atomic E-state index is 0.319. The van der Waals surface area contributed by atoms with Crippen LogP contribution >= 0.6 is 0 Å². The van der Waals surface area contributed by atoms with E-state index in [1.54, 1.807) is 6.20 Å². The van der Waals surface area contributed by atoms with Gasteiger partial charge in [-0.15, -0.1) is 0 Å². The lowest BCUT2D eigenvalue weighted by Gasteiger charge is -2.02. The summed E-state index contributed by atoms with van der Waals surface area (Å²) in [6.45, 7) is 2.49. The van der Waals surface area contributed by atoms with E-state index in [2.05, 4.69) is 9.97 Å². The maximum atomic E-state index is 5.46. The summed E-state index contributed by atoms with van der Waals surface area (Å²) in [5.74, 6) is 0.319. The van der Waals surface area contributed by atoms with Gasteiger partial charge >= 0.3 is 0 Å². The van der Waals surface area contributed by atoms with Crippen LogP contribution in [0.2, 0.25) is 0 Å². The van der Waals surface area contributed by atoms with Gasteiger partial charge in [-0.05, 0) is 6.42 Å². The number of aryl methyl sites for hydroxylation is 1. The highest BCUT2D eigenvalue weighted by Crippen LogP contribution is 2.05. The molecule has 4 heteroatoms. The van der Waals surface area contributed by atoms with Crippen molar-refractivity contribution in [3.8, 4) is 0 Å². The van der Waals surface area contributed by atoms with Crippen LogP contribution in [0.4, 0.5) is 5.95 Å². The quantitative estimate of drug-likeness (QED) is 0.629. The molecule has 0 bridgehead atoms. The molecule has 4 nitrogen and oxygen atoms in total. The Labute approximate surface area is 65.6 Å². The standard InChI is InChI=1S/C7H12N4/c1-2-6-5(3-8)4-10-7(9)11-6/h4H,2-3,8H2,1H3,(H2,9,10,11). The van der Waals surface area contributed by atoms with Crippen molar-refractivity contribution >= 4 is 5.95 Å². The minimum atomic E-state index is 0.319. The normalized spacial score (nSPS) is 10.0. The first-order chi connectivity index (χ1) is 5.27. The molecule has 1 heterocycles. The van der Waals surface area contributed by atoms with Gasteiger partial charge in [0.15, 0.2) is 0 Å². The molecule has 1 aromatic rings. The van der Waals surface area contributed by atoms with E-state index in [0.717, 1.165) is 17.7 Å². The molecule has 0 aliphatic rings. The Morgan fingerprint density at radius 3 is 2.82 bits per heavy atom. The monoisotopic (exact) mass is 152 g/mol. The fourth-order valence-electron chi connectivity index (χ4n) is 0.934. The van der Waals surface area contributed by atoms with Crippen LogP contribution in [0, 0.1) is 0 Å². The molecule has 0 spiro atoms. The van der Waals surface area contributed by atoms with Crippen molar-refractivity contribution in [2.75, 3.05) is 5.73 Å². The maximum absolute atomic E-state index is 5.46. The predicted octanol–water partition coefficient (Wildman–Crippen LogP) is 0.0799. The van der Waals surface area contributed by atoms with E-state index in [9.17, 15) is 0 Å². The lowest BCUT2D eigenvalue weighted by molar-refractivity contribution is 0.921. The number of aromatic nitrogens is 2. The summed E-state index contributed by atoms with van der Waals surface area (Å²) >= 11 is 0. The van der Waals surface area contributed by atoms with Gasteiger partial charge in [0.2, 0.25) is 5.95 Å². The van der Waals surface area contributed by atoms with E-state index >= 15 is 0 Å². The summed E-state index contributed by atoms with van der Waals surface area (Å²) in [7, 11) is 0. The lowest BCUT2D eigenvalue weighted by Crippen LogP contribution is -2.06. The number of nitrogens with zero attached hydrogens (tertiary/aromatic N) is 2. The molecule has 0 aliphatic carbocycles. The Kier molecular flexibility index (Phi) is 2.38. The molecule has 0 aliphatic heterocycles. The largest absolute Gasteiger partial charge is 0.368 e. The summed E-state index contributed by atoms with van der Waals surface area (Å²) in [6.07, 6.45) is 2.53. The van der Waals surface area contributed by atoms with Gasteiger partial charge in [-0.25, -0.2) is 9.97 Å². The first-order valence-corrected chi connectivity index (χ1v) is 3.58. The Bertz CT molecular complexity index is 246. The molecule has 11 heavy (non-hydrogen) atoms. The molecule has 0 atom stereocenters. The van der Waals surface area contributed by atoms with Gasteiger partial charge in [0.05, 0.1) is 5.69 Å². The zero-order chi connectivity index (χ0) is 8.27. The highest BCUT2D eigenvalue weighted by molar-refractivity contribution is 5.24. The van der Waals surface area contributed by atoms with Crippen molar-refractivity contribution < 1.29 is 0 Å². The molecule has 1 rings (SSSR count). The topological polar surface area (TPSA) is 77.8 Å². The summed E-state index contributed by atoms with van der Waals surface area (Å²) in [5, 5.41) is 0. The average Bonchev–Trinajstić information content (AvgIpc) is 2.04. The van der Waals surface area contributed by atoms with Crippen molar-refractivity contribution in [2.45, 2.75) is 19.9 Å². The highest BCUT2D eigenvalue weighted by atomic mass is 15.0. The third-order valence-electron chi connectivity index (χ3n) is 1.53. The molecule has 60 valence electrons. The van der Waals surface area contributed by atoms with E-state index in [1.807, 2.05) is 6.92 Å². The minimum Gasteiger partial charge on any atom is -0.368 e. The molecule has 0 fully saturated rings. The van der Waals surface area contributed by atoms with Crippen molar-refractivity contribution in [2.24, 2.45) is 5.73 Å². The number of hydrogen-bond donors (Lipinski definition) is 2. The van der Waals surface area contributed by atoms with Crippen molar-refractivity contribution in [3.63, 3.8) is 0 Å². The summed E-state index contributed by atoms with van der Waals surface area (Å²) in [5.41, 5.74) is 12.8. The van der Waals surface area contributed by atoms with Crippen molar-refractivity contribution in [1.29, 1.82) is 0 Å².